The van der Waals surface area contributed by atoms with Crippen molar-refractivity contribution in [2.45, 2.75) is 24.7 Å². The molecule has 2 aliphatic rings. The number of nitrogens with zero attached hydrogens (tertiary/aromatic N) is 1. The predicted molar refractivity (Wildman–Crippen MR) is 197 cm³/mol. The van der Waals surface area contributed by atoms with Gasteiger partial charge in [-0.2, -0.15) is 0 Å². The number of rotatable bonds is 5. The minimum absolute atomic E-state index is 0.153. The Balaban J connectivity index is 1.29. The largest absolute Gasteiger partial charge is 0.310 e. The van der Waals surface area contributed by atoms with Crippen LogP contribution in [-0.2, 0) is 11.8 Å². The van der Waals surface area contributed by atoms with E-state index in [0.29, 0.717) is 0 Å². The van der Waals surface area contributed by atoms with E-state index in [4.69, 9.17) is 0 Å². The van der Waals surface area contributed by atoms with E-state index in [0.717, 1.165) is 24.2 Å². The van der Waals surface area contributed by atoms with Crippen LogP contribution in [0.5, 0.6) is 0 Å². The van der Waals surface area contributed by atoms with Gasteiger partial charge in [0.05, 0.1) is 0 Å². The number of benzene rings is 7. The number of fused-ring (bicyclic) bond motifs is 7. The van der Waals surface area contributed by atoms with Crippen LogP contribution >= 0.6 is 0 Å². The van der Waals surface area contributed by atoms with Gasteiger partial charge in [-0.15, -0.1) is 0 Å². The molecule has 9 rings (SSSR count). The zero-order valence-electron chi connectivity index (χ0n) is 26.3. The fourth-order valence-electron chi connectivity index (χ4n) is 8.25. The van der Waals surface area contributed by atoms with Gasteiger partial charge in [-0.05, 0) is 117 Å². The van der Waals surface area contributed by atoms with Gasteiger partial charge in [0.25, 0.3) is 0 Å². The molecular formula is C46H35N. The molecule has 1 spiro atoms. The molecule has 0 radical (unpaired) electrons. The fraction of sp³-hybridized carbons (Fsp3) is 0.0870. The summed E-state index contributed by atoms with van der Waals surface area (Å²) in [6.07, 6.45) is 3.43. The molecule has 0 heterocycles. The summed E-state index contributed by atoms with van der Waals surface area (Å²) in [6.45, 7) is 0. The molecule has 1 atom stereocenters. The normalized spacial score (nSPS) is 15.9. The molecule has 0 bridgehead atoms. The molecule has 0 amide bonds. The van der Waals surface area contributed by atoms with Gasteiger partial charge in [-0.3, -0.25) is 0 Å². The van der Waals surface area contributed by atoms with Crippen molar-refractivity contribution in [2.24, 2.45) is 0 Å². The molecular weight excluding hydrogens is 567 g/mol. The van der Waals surface area contributed by atoms with Crippen LogP contribution in [-0.4, -0.2) is 0 Å². The maximum absolute atomic E-state index is 2.50. The minimum Gasteiger partial charge on any atom is -0.310 e. The number of anilines is 3. The Morgan fingerprint density at radius 3 is 1.66 bits per heavy atom. The first-order valence-electron chi connectivity index (χ1n) is 16.7. The maximum Gasteiger partial charge on any atom is 0.0473 e. The topological polar surface area (TPSA) is 3.24 Å². The van der Waals surface area contributed by atoms with Crippen LogP contribution in [0.15, 0.2) is 176 Å². The van der Waals surface area contributed by atoms with E-state index in [1.807, 2.05) is 0 Å². The number of hydrogen-bond donors (Lipinski definition) is 0. The maximum atomic E-state index is 2.50. The SMILES string of the molecule is c1ccc(-c2cc(-c3ccccc3)cc(N(c3ccccc3)c3ccc4c(c3)C3(CCCc5ccccc53)c3ccccc3-4)c2)cc1. The van der Waals surface area contributed by atoms with E-state index in [-0.39, 0.29) is 5.41 Å². The van der Waals surface area contributed by atoms with Gasteiger partial charge in [0, 0.05) is 22.5 Å². The zero-order chi connectivity index (χ0) is 31.2. The first-order chi connectivity index (χ1) is 23.3. The molecule has 7 aromatic carbocycles. The molecule has 0 aliphatic heterocycles. The number of hydrogen-bond acceptors (Lipinski definition) is 1. The Bertz CT molecular complexity index is 2160. The molecule has 0 fully saturated rings. The Hall–Kier alpha value is -5.66. The van der Waals surface area contributed by atoms with Crippen molar-refractivity contribution in [3.63, 3.8) is 0 Å². The average Bonchev–Trinajstić information content (AvgIpc) is 3.42. The second-order valence-corrected chi connectivity index (χ2v) is 12.9. The highest BCUT2D eigenvalue weighted by atomic mass is 15.1. The van der Waals surface area contributed by atoms with Crippen molar-refractivity contribution in [1.82, 2.24) is 0 Å². The standard InChI is InChI=1S/C46H35N/c1-4-15-33(16-5-1)36-29-37(34-17-6-2-7-18-34)31-40(30-36)47(38-21-8-3-9-22-38)39-26-27-42-41-23-11-13-25-44(41)46(45(42)32-39)28-14-20-35-19-10-12-24-43(35)46/h1-13,15-19,21-27,29-32H,14,20,28H2. The summed E-state index contributed by atoms with van der Waals surface area (Å²) in [5, 5.41) is 0. The summed E-state index contributed by atoms with van der Waals surface area (Å²) >= 11 is 0. The van der Waals surface area contributed by atoms with Crippen molar-refractivity contribution in [3.05, 3.63) is 198 Å². The molecule has 2 aliphatic carbocycles. The van der Waals surface area contributed by atoms with E-state index < -0.39 is 0 Å². The first kappa shape index (κ1) is 27.6. The van der Waals surface area contributed by atoms with Gasteiger partial charge in [0.2, 0.25) is 0 Å². The van der Waals surface area contributed by atoms with Crippen LogP contribution in [0.1, 0.15) is 35.1 Å². The predicted octanol–water partition coefficient (Wildman–Crippen LogP) is 12.1. The third-order valence-electron chi connectivity index (χ3n) is 10.3. The molecule has 1 unspecified atom stereocenters. The highest BCUT2D eigenvalue weighted by molar-refractivity contribution is 5.89. The van der Waals surface area contributed by atoms with Gasteiger partial charge in [0.1, 0.15) is 0 Å². The third-order valence-corrected chi connectivity index (χ3v) is 10.3. The highest BCUT2D eigenvalue weighted by Gasteiger charge is 2.46. The first-order valence-corrected chi connectivity index (χ1v) is 16.7. The van der Waals surface area contributed by atoms with Crippen molar-refractivity contribution in [2.75, 3.05) is 4.90 Å². The quantitative estimate of drug-likeness (QED) is 0.190. The Kier molecular flexibility index (Phi) is 6.64. The lowest BCUT2D eigenvalue weighted by Gasteiger charge is -2.38. The molecule has 0 saturated heterocycles. The van der Waals surface area contributed by atoms with Crippen LogP contribution in [0.3, 0.4) is 0 Å². The molecule has 1 heteroatoms. The summed E-state index contributed by atoms with van der Waals surface area (Å²) in [6, 6.07) is 64.8. The van der Waals surface area contributed by atoms with Gasteiger partial charge in [-0.25, -0.2) is 0 Å². The van der Waals surface area contributed by atoms with Gasteiger partial charge in [-0.1, -0.05) is 133 Å². The van der Waals surface area contributed by atoms with Crippen molar-refractivity contribution in [1.29, 1.82) is 0 Å². The van der Waals surface area contributed by atoms with Gasteiger partial charge < -0.3 is 4.90 Å². The molecule has 0 saturated carbocycles. The Labute approximate surface area is 277 Å². The fourth-order valence-corrected chi connectivity index (χ4v) is 8.25. The lowest BCUT2D eigenvalue weighted by atomic mass is 9.64. The van der Waals surface area contributed by atoms with E-state index in [1.54, 1.807) is 0 Å². The molecule has 7 aromatic rings. The third kappa shape index (κ3) is 4.54. The van der Waals surface area contributed by atoms with E-state index in [9.17, 15) is 0 Å². The molecule has 47 heavy (non-hydrogen) atoms. The Morgan fingerprint density at radius 2 is 0.957 bits per heavy atom. The van der Waals surface area contributed by atoms with E-state index in [1.165, 1.54) is 67.7 Å². The summed E-state index contributed by atoms with van der Waals surface area (Å²) in [4.78, 5) is 2.45. The van der Waals surface area contributed by atoms with Crippen molar-refractivity contribution >= 4 is 17.1 Å². The second-order valence-electron chi connectivity index (χ2n) is 12.9. The van der Waals surface area contributed by atoms with Crippen molar-refractivity contribution < 1.29 is 0 Å². The van der Waals surface area contributed by atoms with Crippen LogP contribution in [0, 0.1) is 0 Å². The summed E-state index contributed by atoms with van der Waals surface area (Å²) in [5.41, 5.74) is 16.7. The number of para-hydroxylation sites is 1. The van der Waals surface area contributed by atoms with Gasteiger partial charge >= 0.3 is 0 Å². The average molecular weight is 602 g/mol. The van der Waals surface area contributed by atoms with Crippen LogP contribution in [0.4, 0.5) is 17.1 Å². The van der Waals surface area contributed by atoms with E-state index >= 15 is 0 Å². The van der Waals surface area contributed by atoms with Crippen LogP contribution < -0.4 is 4.90 Å². The summed E-state index contributed by atoms with van der Waals surface area (Å²) < 4.78 is 0. The lowest BCUT2D eigenvalue weighted by molar-refractivity contribution is 0.507. The molecule has 224 valence electrons. The second kappa shape index (κ2) is 11.3. The lowest BCUT2D eigenvalue weighted by Crippen LogP contribution is -2.31. The Morgan fingerprint density at radius 1 is 0.383 bits per heavy atom. The van der Waals surface area contributed by atoms with Gasteiger partial charge in [0.15, 0.2) is 0 Å². The highest BCUT2D eigenvalue weighted by Crippen LogP contribution is 2.58. The smallest absolute Gasteiger partial charge is 0.0473 e. The van der Waals surface area contributed by atoms with Crippen LogP contribution in [0.2, 0.25) is 0 Å². The zero-order valence-corrected chi connectivity index (χ0v) is 26.3. The summed E-state index contributed by atoms with van der Waals surface area (Å²) in [5.74, 6) is 0. The molecule has 0 aromatic heterocycles. The molecule has 0 N–H and O–H groups in total. The summed E-state index contributed by atoms with van der Waals surface area (Å²) in [7, 11) is 0. The monoisotopic (exact) mass is 601 g/mol. The minimum atomic E-state index is -0.153. The van der Waals surface area contributed by atoms with E-state index in [2.05, 4.69) is 181 Å². The van der Waals surface area contributed by atoms with Crippen LogP contribution in [0.25, 0.3) is 33.4 Å². The molecule has 1 nitrogen and oxygen atoms in total. The van der Waals surface area contributed by atoms with Crippen molar-refractivity contribution in [3.8, 4) is 33.4 Å². The number of aryl methyl sites for hydroxylation is 1.